The van der Waals surface area contributed by atoms with Gasteiger partial charge in [-0.3, -0.25) is 19.3 Å². The van der Waals surface area contributed by atoms with Crippen LogP contribution in [0.3, 0.4) is 0 Å². The lowest BCUT2D eigenvalue weighted by Gasteiger charge is -2.34. The summed E-state index contributed by atoms with van der Waals surface area (Å²) in [5, 5.41) is 0. The van der Waals surface area contributed by atoms with Crippen LogP contribution in [0.4, 0.5) is 0 Å². The van der Waals surface area contributed by atoms with E-state index in [4.69, 9.17) is 0 Å². The molecule has 1 aromatic heterocycles. The van der Waals surface area contributed by atoms with Crippen LogP contribution >= 0.6 is 0 Å². The Kier molecular flexibility index (Phi) is 5.39. The fraction of sp³-hybridized carbons (Fsp3) is 0.227. The Balaban J connectivity index is 1.37. The number of carbonyl (C=O) groups excluding carboxylic acids is 1. The number of rotatable bonds is 4. The first kappa shape index (κ1) is 18.9. The Labute approximate surface area is 167 Å². The van der Waals surface area contributed by atoms with Gasteiger partial charge in [-0.1, -0.05) is 42.5 Å². The van der Waals surface area contributed by atoms with Crippen molar-refractivity contribution in [3.05, 3.63) is 86.4 Å². The molecular weight excluding hydrogens is 368 g/mol. The van der Waals surface area contributed by atoms with Gasteiger partial charge in [-0.25, -0.2) is 0 Å². The van der Waals surface area contributed by atoms with E-state index >= 15 is 0 Å². The first-order valence-corrected chi connectivity index (χ1v) is 9.60. The van der Waals surface area contributed by atoms with Crippen LogP contribution in [0, 0.1) is 0 Å². The number of benzene rings is 2. The van der Waals surface area contributed by atoms with Crippen LogP contribution in [0.1, 0.15) is 15.9 Å². The zero-order chi connectivity index (χ0) is 20.2. The van der Waals surface area contributed by atoms with E-state index in [1.165, 1.54) is 5.56 Å². The van der Waals surface area contributed by atoms with Gasteiger partial charge in [0.05, 0.1) is 11.0 Å². The quantitative estimate of drug-likeness (QED) is 0.664. The summed E-state index contributed by atoms with van der Waals surface area (Å²) in [6.45, 7) is 3.77. The summed E-state index contributed by atoms with van der Waals surface area (Å²) in [7, 11) is 0. The summed E-state index contributed by atoms with van der Waals surface area (Å²) in [5.74, 6) is -0.0709. The molecule has 7 nitrogen and oxygen atoms in total. The number of fused-ring (bicyclic) bond motifs is 1. The molecule has 0 spiro atoms. The summed E-state index contributed by atoms with van der Waals surface area (Å²) in [6, 6.07) is 15.1. The molecule has 0 radical (unpaired) electrons. The average molecular weight is 390 g/mol. The summed E-state index contributed by atoms with van der Waals surface area (Å²) in [4.78, 5) is 44.9. The maximum Gasteiger partial charge on any atom is 0.314 e. The van der Waals surface area contributed by atoms with E-state index in [9.17, 15) is 14.4 Å². The maximum absolute atomic E-state index is 12.8. The minimum absolute atomic E-state index is 0.0709. The Morgan fingerprint density at radius 1 is 0.897 bits per heavy atom. The smallest absolute Gasteiger partial charge is 0.314 e. The topological polar surface area (TPSA) is 89.3 Å². The fourth-order valence-corrected chi connectivity index (χ4v) is 3.47. The zero-order valence-electron chi connectivity index (χ0n) is 15.9. The van der Waals surface area contributed by atoms with Gasteiger partial charge in [0.1, 0.15) is 0 Å². The lowest BCUT2D eigenvalue weighted by atomic mass is 10.1. The molecule has 0 bridgehead atoms. The lowest BCUT2D eigenvalue weighted by Crippen LogP contribution is -2.48. The van der Waals surface area contributed by atoms with Gasteiger partial charge in [0, 0.05) is 38.3 Å². The summed E-state index contributed by atoms with van der Waals surface area (Å²) < 4.78 is 0. The molecule has 4 rings (SSSR count). The predicted octanol–water partition coefficient (Wildman–Crippen LogP) is 1.69. The predicted molar refractivity (Wildman–Crippen MR) is 113 cm³/mol. The van der Waals surface area contributed by atoms with E-state index in [2.05, 4.69) is 39.2 Å². The number of hydrogen-bond acceptors (Lipinski definition) is 4. The molecule has 1 aliphatic rings. The van der Waals surface area contributed by atoms with Gasteiger partial charge in [-0.05, 0) is 23.8 Å². The number of amides is 1. The Morgan fingerprint density at radius 2 is 1.59 bits per heavy atom. The number of carbonyl (C=O) groups is 1. The first-order valence-electron chi connectivity index (χ1n) is 9.60. The third-order valence-electron chi connectivity index (χ3n) is 5.10. The third-order valence-corrected chi connectivity index (χ3v) is 5.10. The van der Waals surface area contributed by atoms with E-state index < -0.39 is 11.1 Å². The molecule has 0 aliphatic carbocycles. The van der Waals surface area contributed by atoms with Crippen LogP contribution in [0.15, 0.2) is 64.2 Å². The average Bonchev–Trinajstić information content (AvgIpc) is 2.75. The van der Waals surface area contributed by atoms with E-state index in [0.29, 0.717) is 29.7 Å². The van der Waals surface area contributed by atoms with Crippen LogP contribution in [0.25, 0.3) is 17.1 Å². The molecule has 1 saturated heterocycles. The Bertz CT molecular complexity index is 1160. The van der Waals surface area contributed by atoms with Crippen molar-refractivity contribution in [2.75, 3.05) is 32.7 Å². The second-order valence-corrected chi connectivity index (χ2v) is 7.07. The number of aromatic nitrogens is 2. The van der Waals surface area contributed by atoms with Crippen LogP contribution in [-0.2, 0) is 0 Å². The first-order chi connectivity index (χ1) is 14.1. The van der Waals surface area contributed by atoms with Crippen molar-refractivity contribution in [2.24, 2.45) is 0 Å². The van der Waals surface area contributed by atoms with Gasteiger partial charge in [-0.15, -0.1) is 0 Å². The SMILES string of the molecule is O=C(c1ccc2[nH]c(=O)c(=O)[nH]c2c1)N1CCN(CC=Cc2ccccc2)CC1. The van der Waals surface area contributed by atoms with Gasteiger partial charge in [-0.2, -0.15) is 0 Å². The number of hydrogen-bond donors (Lipinski definition) is 2. The van der Waals surface area contributed by atoms with Crippen molar-refractivity contribution in [3.8, 4) is 0 Å². The molecule has 2 heterocycles. The second-order valence-electron chi connectivity index (χ2n) is 7.07. The highest BCUT2D eigenvalue weighted by molar-refractivity contribution is 5.97. The fourth-order valence-electron chi connectivity index (χ4n) is 3.47. The number of nitrogens with one attached hydrogen (secondary N) is 2. The van der Waals surface area contributed by atoms with Crippen molar-refractivity contribution in [1.82, 2.24) is 19.8 Å². The Morgan fingerprint density at radius 3 is 2.31 bits per heavy atom. The molecule has 0 saturated carbocycles. The molecule has 2 aromatic carbocycles. The van der Waals surface area contributed by atoms with E-state index in [1.54, 1.807) is 18.2 Å². The van der Waals surface area contributed by atoms with Crippen molar-refractivity contribution < 1.29 is 4.79 Å². The van der Waals surface area contributed by atoms with E-state index in [0.717, 1.165) is 19.6 Å². The zero-order valence-corrected chi connectivity index (χ0v) is 15.9. The van der Waals surface area contributed by atoms with Gasteiger partial charge >= 0.3 is 11.1 Å². The normalized spacial score (nSPS) is 15.2. The number of aromatic amines is 2. The molecule has 148 valence electrons. The number of H-pyrrole nitrogens is 2. The molecule has 1 aliphatic heterocycles. The van der Waals surface area contributed by atoms with Crippen LogP contribution < -0.4 is 11.1 Å². The van der Waals surface area contributed by atoms with Gasteiger partial charge in [0.25, 0.3) is 5.91 Å². The van der Waals surface area contributed by atoms with E-state index in [1.807, 2.05) is 23.1 Å². The van der Waals surface area contributed by atoms with E-state index in [-0.39, 0.29) is 5.91 Å². The van der Waals surface area contributed by atoms with Gasteiger partial charge < -0.3 is 14.9 Å². The van der Waals surface area contributed by atoms with Crippen LogP contribution in [0.5, 0.6) is 0 Å². The number of piperazine rings is 1. The molecule has 2 N–H and O–H groups in total. The molecule has 7 heteroatoms. The van der Waals surface area contributed by atoms with Crippen molar-refractivity contribution in [3.63, 3.8) is 0 Å². The monoisotopic (exact) mass is 390 g/mol. The van der Waals surface area contributed by atoms with Gasteiger partial charge in [0.2, 0.25) is 0 Å². The second kappa shape index (κ2) is 8.28. The summed E-state index contributed by atoms with van der Waals surface area (Å²) in [6.07, 6.45) is 4.25. The molecule has 3 aromatic rings. The largest absolute Gasteiger partial charge is 0.336 e. The van der Waals surface area contributed by atoms with Crippen molar-refractivity contribution in [2.45, 2.75) is 0 Å². The standard InChI is InChI=1S/C22H22N4O3/c27-20-21(28)24-19-15-17(8-9-18(19)23-20)22(29)26-13-11-25(12-14-26)10-4-7-16-5-2-1-3-6-16/h1-9,15H,10-14H2,(H,23,27)(H,24,28). The third kappa shape index (κ3) is 4.35. The molecular formula is C22H22N4O3. The highest BCUT2D eigenvalue weighted by Crippen LogP contribution is 2.13. The molecule has 1 amide bonds. The molecule has 0 unspecified atom stereocenters. The molecule has 0 atom stereocenters. The number of nitrogens with zero attached hydrogens (tertiary/aromatic N) is 2. The molecule has 1 fully saturated rings. The Hall–Kier alpha value is -3.45. The minimum Gasteiger partial charge on any atom is -0.336 e. The maximum atomic E-state index is 12.8. The summed E-state index contributed by atoms with van der Waals surface area (Å²) in [5.41, 5.74) is 1.20. The molecule has 29 heavy (non-hydrogen) atoms. The van der Waals surface area contributed by atoms with Crippen molar-refractivity contribution >= 4 is 23.0 Å². The van der Waals surface area contributed by atoms with Gasteiger partial charge in [0.15, 0.2) is 0 Å². The minimum atomic E-state index is -0.723. The highest BCUT2D eigenvalue weighted by Gasteiger charge is 2.21. The highest BCUT2D eigenvalue weighted by atomic mass is 16.2. The summed E-state index contributed by atoms with van der Waals surface area (Å²) >= 11 is 0. The van der Waals surface area contributed by atoms with Crippen LogP contribution in [-0.4, -0.2) is 58.4 Å². The lowest BCUT2D eigenvalue weighted by molar-refractivity contribution is 0.0650. The van der Waals surface area contributed by atoms with Crippen molar-refractivity contribution in [1.29, 1.82) is 0 Å². The van der Waals surface area contributed by atoms with Crippen LogP contribution in [0.2, 0.25) is 0 Å².